The molecule has 1 amide bonds. The molecule has 2 aromatic carbocycles. The van der Waals surface area contributed by atoms with E-state index in [0.717, 1.165) is 6.07 Å². The van der Waals surface area contributed by atoms with Crippen LogP contribution in [0.2, 0.25) is 0 Å². The van der Waals surface area contributed by atoms with Gasteiger partial charge in [0.05, 0.1) is 23.0 Å². The summed E-state index contributed by atoms with van der Waals surface area (Å²) in [5, 5.41) is 12.5. The molecule has 1 aliphatic rings. The average Bonchev–Trinajstić information content (AvgIpc) is 2.60. The first-order valence-corrected chi connectivity index (χ1v) is 9.38. The maximum atomic E-state index is 14.5. The third kappa shape index (κ3) is 4.56. The van der Waals surface area contributed by atoms with Crippen LogP contribution in [0.1, 0.15) is 28.8 Å². The van der Waals surface area contributed by atoms with Crippen LogP contribution in [-0.2, 0) is 6.54 Å². The van der Waals surface area contributed by atoms with Gasteiger partial charge >= 0.3 is 0 Å². The molecule has 0 atom stereocenters. The second-order valence-corrected chi connectivity index (χ2v) is 7.45. The summed E-state index contributed by atoms with van der Waals surface area (Å²) in [5.41, 5.74) is 6.40. The van der Waals surface area contributed by atoms with Gasteiger partial charge in [0.25, 0.3) is 5.91 Å². The van der Waals surface area contributed by atoms with E-state index >= 15 is 0 Å². The SMILES string of the molecule is NC(=O)c1c(F)cc(Br)cc1NCc1ccc(N2CCC(O)CC2)c(F)c1. The van der Waals surface area contributed by atoms with Crippen molar-refractivity contribution in [1.29, 1.82) is 0 Å². The number of aliphatic hydroxyl groups is 1. The average molecular weight is 440 g/mol. The second kappa shape index (κ2) is 8.22. The Balaban J connectivity index is 1.74. The summed E-state index contributed by atoms with van der Waals surface area (Å²) in [4.78, 5) is 13.4. The Hall–Kier alpha value is -2.19. The Labute approximate surface area is 164 Å². The monoisotopic (exact) mass is 439 g/mol. The molecule has 1 heterocycles. The number of hydrogen-bond donors (Lipinski definition) is 3. The number of nitrogens with one attached hydrogen (secondary N) is 1. The minimum Gasteiger partial charge on any atom is -0.393 e. The number of aliphatic hydroxyl groups excluding tert-OH is 1. The zero-order valence-electron chi connectivity index (χ0n) is 14.5. The van der Waals surface area contributed by atoms with Gasteiger partial charge in [0.2, 0.25) is 0 Å². The van der Waals surface area contributed by atoms with E-state index in [1.54, 1.807) is 18.2 Å². The lowest BCUT2D eigenvalue weighted by atomic mass is 10.1. The fraction of sp³-hybridized carbons (Fsp3) is 0.316. The number of anilines is 2. The number of nitrogens with two attached hydrogens (primary N) is 1. The molecule has 0 bridgehead atoms. The highest BCUT2D eigenvalue weighted by Gasteiger charge is 2.20. The molecular formula is C19H20BrF2N3O2. The molecule has 0 aliphatic carbocycles. The van der Waals surface area contributed by atoms with Crippen LogP contribution in [0.25, 0.3) is 0 Å². The number of amides is 1. The highest BCUT2D eigenvalue weighted by Crippen LogP contribution is 2.27. The molecule has 0 spiro atoms. The maximum Gasteiger partial charge on any atom is 0.253 e. The van der Waals surface area contributed by atoms with E-state index in [9.17, 15) is 18.7 Å². The summed E-state index contributed by atoms with van der Waals surface area (Å²) in [6.07, 6.45) is 0.915. The highest BCUT2D eigenvalue weighted by molar-refractivity contribution is 9.10. The minimum absolute atomic E-state index is 0.200. The Bertz CT molecular complexity index is 855. The first kappa shape index (κ1) is 19.6. The van der Waals surface area contributed by atoms with Crippen LogP contribution in [-0.4, -0.2) is 30.2 Å². The van der Waals surface area contributed by atoms with Crippen molar-refractivity contribution >= 4 is 33.2 Å². The summed E-state index contributed by atoms with van der Waals surface area (Å²) in [6.45, 7) is 1.41. The molecule has 1 saturated heterocycles. The number of primary amides is 1. The lowest BCUT2D eigenvalue weighted by molar-refractivity contribution is 0.0997. The third-order valence-electron chi connectivity index (χ3n) is 4.60. The van der Waals surface area contributed by atoms with Crippen LogP contribution in [0.5, 0.6) is 0 Å². The van der Waals surface area contributed by atoms with Crippen LogP contribution in [0.4, 0.5) is 20.2 Å². The molecule has 2 aromatic rings. The Morgan fingerprint density at radius 3 is 2.56 bits per heavy atom. The molecule has 144 valence electrons. The van der Waals surface area contributed by atoms with Crippen molar-refractivity contribution in [1.82, 2.24) is 0 Å². The zero-order valence-corrected chi connectivity index (χ0v) is 16.1. The van der Waals surface area contributed by atoms with Crippen molar-refractivity contribution in [3.8, 4) is 0 Å². The molecule has 0 unspecified atom stereocenters. The molecule has 1 fully saturated rings. The molecule has 27 heavy (non-hydrogen) atoms. The van der Waals surface area contributed by atoms with Gasteiger partial charge in [-0.15, -0.1) is 0 Å². The van der Waals surface area contributed by atoms with Gasteiger partial charge < -0.3 is 21.1 Å². The second-order valence-electron chi connectivity index (χ2n) is 6.53. The Kier molecular flexibility index (Phi) is 5.96. The van der Waals surface area contributed by atoms with Crippen molar-refractivity contribution in [2.45, 2.75) is 25.5 Å². The van der Waals surface area contributed by atoms with Gasteiger partial charge in [-0.2, -0.15) is 0 Å². The first-order chi connectivity index (χ1) is 12.8. The van der Waals surface area contributed by atoms with E-state index in [-0.39, 0.29) is 29.7 Å². The zero-order chi connectivity index (χ0) is 19.6. The fourth-order valence-electron chi connectivity index (χ4n) is 3.18. The van der Waals surface area contributed by atoms with Crippen LogP contribution >= 0.6 is 15.9 Å². The molecular weight excluding hydrogens is 420 g/mol. The topological polar surface area (TPSA) is 78.6 Å². The van der Waals surface area contributed by atoms with E-state index < -0.39 is 11.7 Å². The standard InChI is InChI=1S/C19H20BrF2N3O2/c20-12-8-15(22)18(19(23)27)16(9-12)24-10-11-1-2-17(14(21)7-11)25-5-3-13(26)4-6-25/h1-2,7-9,13,24,26H,3-6,10H2,(H2,23,27). The number of piperidine rings is 1. The molecule has 3 rings (SSSR count). The predicted octanol–water partition coefficient (Wildman–Crippen LogP) is 3.40. The maximum absolute atomic E-state index is 14.5. The number of carbonyl (C=O) groups is 1. The van der Waals surface area contributed by atoms with Crippen molar-refractivity contribution in [3.05, 3.63) is 57.6 Å². The Morgan fingerprint density at radius 1 is 1.22 bits per heavy atom. The number of halogens is 3. The van der Waals surface area contributed by atoms with Gasteiger partial charge in [-0.3, -0.25) is 4.79 Å². The van der Waals surface area contributed by atoms with E-state index in [1.807, 2.05) is 4.90 Å². The summed E-state index contributed by atoms with van der Waals surface area (Å²) in [6, 6.07) is 7.59. The number of nitrogens with zero attached hydrogens (tertiary/aromatic N) is 1. The van der Waals surface area contributed by atoms with E-state index in [0.29, 0.717) is 41.7 Å². The smallest absolute Gasteiger partial charge is 0.253 e. The van der Waals surface area contributed by atoms with Gasteiger partial charge in [-0.05, 0) is 42.7 Å². The quantitative estimate of drug-likeness (QED) is 0.666. The number of rotatable bonds is 5. The van der Waals surface area contributed by atoms with Gasteiger partial charge in [0.1, 0.15) is 11.6 Å². The Morgan fingerprint density at radius 2 is 1.93 bits per heavy atom. The van der Waals surface area contributed by atoms with Gasteiger partial charge in [0, 0.05) is 24.1 Å². The van der Waals surface area contributed by atoms with Crippen LogP contribution in [0.15, 0.2) is 34.8 Å². The van der Waals surface area contributed by atoms with E-state index in [4.69, 9.17) is 5.73 Å². The lowest BCUT2D eigenvalue weighted by Gasteiger charge is -2.31. The van der Waals surface area contributed by atoms with Crippen LogP contribution < -0.4 is 16.0 Å². The van der Waals surface area contributed by atoms with E-state index in [1.165, 1.54) is 6.07 Å². The predicted molar refractivity (Wildman–Crippen MR) is 104 cm³/mol. The first-order valence-electron chi connectivity index (χ1n) is 8.59. The molecule has 8 heteroatoms. The largest absolute Gasteiger partial charge is 0.393 e. The van der Waals surface area contributed by atoms with Gasteiger partial charge in [0.15, 0.2) is 0 Å². The van der Waals surface area contributed by atoms with Crippen LogP contribution in [0.3, 0.4) is 0 Å². The van der Waals surface area contributed by atoms with Crippen molar-refractivity contribution in [2.24, 2.45) is 5.73 Å². The number of hydrogen-bond acceptors (Lipinski definition) is 4. The summed E-state index contributed by atoms with van der Waals surface area (Å²) < 4.78 is 29.0. The van der Waals surface area contributed by atoms with Gasteiger partial charge in [-0.25, -0.2) is 8.78 Å². The van der Waals surface area contributed by atoms with Crippen molar-refractivity contribution in [3.63, 3.8) is 0 Å². The third-order valence-corrected chi connectivity index (χ3v) is 5.06. The van der Waals surface area contributed by atoms with Crippen molar-refractivity contribution in [2.75, 3.05) is 23.3 Å². The summed E-state index contributed by atoms with van der Waals surface area (Å²) >= 11 is 3.18. The van der Waals surface area contributed by atoms with Gasteiger partial charge in [-0.1, -0.05) is 22.0 Å². The minimum atomic E-state index is -0.878. The summed E-state index contributed by atoms with van der Waals surface area (Å²) in [5.74, 6) is -1.97. The molecule has 5 nitrogen and oxygen atoms in total. The number of benzene rings is 2. The molecule has 0 radical (unpaired) electrons. The molecule has 1 aliphatic heterocycles. The summed E-state index contributed by atoms with van der Waals surface area (Å²) in [7, 11) is 0. The normalized spacial score (nSPS) is 15.0. The van der Waals surface area contributed by atoms with Crippen molar-refractivity contribution < 1.29 is 18.7 Å². The van der Waals surface area contributed by atoms with E-state index in [2.05, 4.69) is 21.2 Å². The van der Waals surface area contributed by atoms with Crippen LogP contribution in [0, 0.1) is 11.6 Å². The number of carbonyl (C=O) groups excluding carboxylic acids is 1. The molecule has 4 N–H and O–H groups in total. The lowest BCUT2D eigenvalue weighted by Crippen LogP contribution is -2.36. The molecule has 0 saturated carbocycles. The molecule has 0 aromatic heterocycles. The highest BCUT2D eigenvalue weighted by atomic mass is 79.9. The fourth-order valence-corrected chi connectivity index (χ4v) is 3.61.